The molecule has 126 valence electrons. The van der Waals surface area contributed by atoms with Gasteiger partial charge in [-0.2, -0.15) is 26.3 Å². The Bertz CT molecular complexity index is 877. The summed E-state index contributed by atoms with van der Waals surface area (Å²) >= 11 is 0. The van der Waals surface area contributed by atoms with Crippen molar-refractivity contribution in [3.8, 4) is 11.5 Å². The van der Waals surface area contributed by atoms with Gasteiger partial charge in [0, 0.05) is 10.8 Å². The maximum absolute atomic E-state index is 13.1. The molecule has 0 aliphatic rings. The van der Waals surface area contributed by atoms with E-state index in [-0.39, 0.29) is 10.8 Å². The van der Waals surface area contributed by atoms with Crippen LogP contribution in [0.2, 0.25) is 0 Å². The molecule has 0 saturated carbocycles. The highest BCUT2D eigenvalue weighted by Crippen LogP contribution is 2.44. The second kappa shape index (κ2) is 4.93. The van der Waals surface area contributed by atoms with Gasteiger partial charge in [-0.25, -0.2) is 0 Å². The molecule has 0 aliphatic heterocycles. The summed E-state index contributed by atoms with van der Waals surface area (Å²) in [6, 6.07) is 4.41. The summed E-state index contributed by atoms with van der Waals surface area (Å²) in [6.07, 6.45) is -9.53. The average molecular weight is 346 g/mol. The standard InChI is InChI=1S/C16H8F6O2/c17-15(18,19)11-1-3-13(23)9-6-8-10(5-7(9)11)14(24)4-2-12(8)16(20,21)22/h1-6,23-24H. The molecule has 24 heavy (non-hydrogen) atoms. The van der Waals surface area contributed by atoms with Crippen molar-refractivity contribution in [3.63, 3.8) is 0 Å². The number of phenolic OH excluding ortho intramolecular Hbond substituents is 2. The fourth-order valence-corrected chi connectivity index (χ4v) is 2.65. The zero-order valence-corrected chi connectivity index (χ0v) is 11.6. The minimum absolute atomic E-state index is 0.381. The summed E-state index contributed by atoms with van der Waals surface area (Å²) in [7, 11) is 0. The molecule has 3 aromatic carbocycles. The van der Waals surface area contributed by atoms with Crippen LogP contribution in [0.4, 0.5) is 26.3 Å². The van der Waals surface area contributed by atoms with E-state index in [0.29, 0.717) is 12.1 Å². The zero-order chi connectivity index (χ0) is 17.9. The third kappa shape index (κ3) is 2.47. The van der Waals surface area contributed by atoms with Crippen LogP contribution < -0.4 is 0 Å². The molecule has 0 amide bonds. The molecule has 0 spiro atoms. The topological polar surface area (TPSA) is 40.5 Å². The molecular formula is C16H8F6O2. The molecule has 0 atom stereocenters. The molecule has 2 N–H and O–H groups in total. The average Bonchev–Trinajstić information content (AvgIpc) is 2.44. The number of hydrogen-bond acceptors (Lipinski definition) is 2. The number of fused-ring (bicyclic) bond motifs is 2. The summed E-state index contributed by atoms with van der Waals surface area (Å²) in [5, 5.41) is 17.8. The lowest BCUT2D eigenvalue weighted by atomic mass is 9.95. The molecule has 0 saturated heterocycles. The Hall–Kier alpha value is -2.64. The van der Waals surface area contributed by atoms with Gasteiger partial charge < -0.3 is 10.2 Å². The van der Waals surface area contributed by atoms with E-state index in [9.17, 15) is 36.6 Å². The van der Waals surface area contributed by atoms with Crippen LogP contribution in [0.5, 0.6) is 11.5 Å². The van der Waals surface area contributed by atoms with Gasteiger partial charge in [-0.15, -0.1) is 0 Å². The smallest absolute Gasteiger partial charge is 0.417 e. The summed E-state index contributed by atoms with van der Waals surface area (Å²) < 4.78 is 78.6. The Morgan fingerprint density at radius 2 is 0.875 bits per heavy atom. The van der Waals surface area contributed by atoms with Gasteiger partial charge in [0.25, 0.3) is 0 Å². The van der Waals surface area contributed by atoms with Crippen molar-refractivity contribution >= 4 is 21.5 Å². The highest BCUT2D eigenvalue weighted by molar-refractivity contribution is 6.05. The van der Waals surface area contributed by atoms with E-state index in [4.69, 9.17) is 0 Å². The fraction of sp³-hybridized carbons (Fsp3) is 0.125. The number of aromatic hydroxyl groups is 2. The molecule has 0 aromatic heterocycles. The largest absolute Gasteiger partial charge is 0.507 e. The molecule has 0 aliphatic carbocycles. The zero-order valence-electron chi connectivity index (χ0n) is 11.6. The maximum atomic E-state index is 13.1. The summed E-state index contributed by atoms with van der Waals surface area (Å²) in [6.45, 7) is 0. The Morgan fingerprint density at radius 1 is 0.542 bits per heavy atom. The second-order valence-electron chi connectivity index (χ2n) is 5.20. The van der Waals surface area contributed by atoms with Crippen LogP contribution in [0.15, 0.2) is 36.4 Å². The Morgan fingerprint density at radius 3 is 1.17 bits per heavy atom. The van der Waals surface area contributed by atoms with Crippen molar-refractivity contribution in [1.29, 1.82) is 0 Å². The third-order valence-corrected chi connectivity index (χ3v) is 3.72. The van der Waals surface area contributed by atoms with Gasteiger partial charge in [-0.3, -0.25) is 0 Å². The first-order chi connectivity index (χ1) is 11.0. The molecule has 3 aromatic rings. The highest BCUT2D eigenvalue weighted by atomic mass is 19.4. The number of hydrogen-bond donors (Lipinski definition) is 2. The van der Waals surface area contributed by atoms with E-state index in [0.717, 1.165) is 24.3 Å². The van der Waals surface area contributed by atoms with Gasteiger partial charge in [0.05, 0.1) is 11.1 Å². The van der Waals surface area contributed by atoms with E-state index in [1.807, 2.05) is 0 Å². The minimum atomic E-state index is -4.77. The highest BCUT2D eigenvalue weighted by Gasteiger charge is 2.35. The lowest BCUT2D eigenvalue weighted by molar-refractivity contribution is -0.137. The van der Waals surface area contributed by atoms with Crippen molar-refractivity contribution in [2.45, 2.75) is 12.4 Å². The number of alkyl halides is 6. The normalized spacial score (nSPS) is 12.9. The molecule has 2 nitrogen and oxygen atoms in total. The van der Waals surface area contributed by atoms with Crippen molar-refractivity contribution in [2.24, 2.45) is 0 Å². The van der Waals surface area contributed by atoms with E-state index in [2.05, 4.69) is 0 Å². The first kappa shape index (κ1) is 16.2. The molecule has 0 radical (unpaired) electrons. The molecule has 8 heteroatoms. The second-order valence-corrected chi connectivity index (χ2v) is 5.20. The number of benzene rings is 3. The lowest BCUT2D eigenvalue weighted by Gasteiger charge is -2.15. The minimum Gasteiger partial charge on any atom is -0.507 e. The molecule has 3 rings (SSSR count). The predicted octanol–water partition coefficient (Wildman–Crippen LogP) is 5.44. The van der Waals surface area contributed by atoms with Gasteiger partial charge in [0.1, 0.15) is 11.5 Å². The summed E-state index contributed by atoms with van der Waals surface area (Å²) in [4.78, 5) is 0. The maximum Gasteiger partial charge on any atom is 0.417 e. The number of rotatable bonds is 0. The first-order valence-corrected chi connectivity index (χ1v) is 6.56. The van der Waals surface area contributed by atoms with Crippen LogP contribution >= 0.6 is 0 Å². The van der Waals surface area contributed by atoms with Crippen LogP contribution in [0.25, 0.3) is 21.5 Å². The summed E-state index contributed by atoms with van der Waals surface area (Å²) in [5.74, 6) is -1.17. The van der Waals surface area contributed by atoms with Gasteiger partial charge in [0.2, 0.25) is 0 Å². The van der Waals surface area contributed by atoms with Gasteiger partial charge >= 0.3 is 12.4 Å². The number of halogens is 6. The van der Waals surface area contributed by atoms with E-state index >= 15 is 0 Å². The van der Waals surface area contributed by atoms with E-state index in [1.54, 1.807) is 0 Å². The van der Waals surface area contributed by atoms with Crippen molar-refractivity contribution in [3.05, 3.63) is 47.5 Å². The Balaban J connectivity index is 2.53. The van der Waals surface area contributed by atoms with Crippen LogP contribution in [0.3, 0.4) is 0 Å². The van der Waals surface area contributed by atoms with Crippen molar-refractivity contribution in [1.82, 2.24) is 0 Å². The monoisotopic (exact) mass is 346 g/mol. The van der Waals surface area contributed by atoms with Crippen molar-refractivity contribution < 1.29 is 36.6 Å². The molecule has 0 heterocycles. The van der Waals surface area contributed by atoms with Gasteiger partial charge in [0.15, 0.2) is 0 Å². The number of phenols is 2. The fourth-order valence-electron chi connectivity index (χ4n) is 2.65. The molecule has 0 bridgehead atoms. The van der Waals surface area contributed by atoms with Gasteiger partial charge in [-0.1, -0.05) is 0 Å². The predicted molar refractivity (Wildman–Crippen MR) is 74.8 cm³/mol. The molecule has 0 unspecified atom stereocenters. The van der Waals surface area contributed by atoms with E-state index in [1.165, 1.54) is 0 Å². The Labute approximate surface area is 130 Å². The van der Waals surface area contributed by atoms with Crippen LogP contribution in [0, 0.1) is 0 Å². The molecule has 0 fully saturated rings. The SMILES string of the molecule is Oc1ccc(C(F)(F)F)c2cc3c(O)ccc(C(F)(F)F)c3cc12. The first-order valence-electron chi connectivity index (χ1n) is 6.56. The van der Waals surface area contributed by atoms with E-state index < -0.39 is 45.8 Å². The Kier molecular flexibility index (Phi) is 3.33. The quantitative estimate of drug-likeness (QED) is 0.420. The van der Waals surface area contributed by atoms with Crippen LogP contribution in [-0.2, 0) is 12.4 Å². The molecular weight excluding hydrogens is 338 g/mol. The van der Waals surface area contributed by atoms with Crippen molar-refractivity contribution in [2.75, 3.05) is 0 Å². The lowest BCUT2D eigenvalue weighted by Crippen LogP contribution is -2.07. The van der Waals surface area contributed by atoms with Crippen LogP contribution in [0.1, 0.15) is 11.1 Å². The van der Waals surface area contributed by atoms with Crippen LogP contribution in [-0.4, -0.2) is 10.2 Å². The van der Waals surface area contributed by atoms with Gasteiger partial charge in [-0.05, 0) is 47.2 Å². The third-order valence-electron chi connectivity index (χ3n) is 3.72. The summed E-state index contributed by atoms with van der Waals surface area (Å²) in [5.41, 5.74) is -2.23.